The number of carbonyl (C=O) groups excluding carboxylic acids is 2. The van der Waals surface area contributed by atoms with Crippen molar-refractivity contribution in [1.29, 1.82) is 5.26 Å². The maximum atomic E-state index is 13.3. The minimum absolute atomic E-state index is 0.0309. The van der Waals surface area contributed by atoms with Gasteiger partial charge in [0, 0.05) is 31.3 Å². The molecule has 46 heavy (non-hydrogen) atoms. The molecule has 0 bridgehead atoms. The lowest BCUT2D eigenvalue weighted by Gasteiger charge is -2.34. The maximum Gasteiger partial charge on any atom is 0.237 e. The molecule has 10 heteroatoms. The van der Waals surface area contributed by atoms with Crippen LogP contribution < -0.4 is 16.0 Å². The van der Waals surface area contributed by atoms with Crippen LogP contribution in [0.5, 0.6) is 0 Å². The average molecular weight is 624 g/mol. The number of likely N-dealkylation sites (N-methyl/N-ethyl adjacent to an activating group) is 1. The second-order valence-corrected chi connectivity index (χ2v) is 12.6. The summed E-state index contributed by atoms with van der Waals surface area (Å²) in [6, 6.07) is 8.01. The molecule has 1 aromatic carbocycles. The lowest BCUT2D eigenvalue weighted by Crippen LogP contribution is -2.44. The molecule has 2 heterocycles. The minimum atomic E-state index is -0.806. The molecular formula is C36H45N7O3. The first-order valence-corrected chi connectivity index (χ1v) is 16.1. The molecule has 0 spiro atoms. The highest BCUT2D eigenvalue weighted by Crippen LogP contribution is 2.53. The van der Waals surface area contributed by atoms with E-state index in [1.54, 1.807) is 11.8 Å². The number of piperidine rings is 1. The molecule has 5 unspecified atom stereocenters. The van der Waals surface area contributed by atoms with Crippen LogP contribution in [0.1, 0.15) is 65.9 Å². The van der Waals surface area contributed by atoms with E-state index in [1.807, 2.05) is 39.3 Å². The Labute approximate surface area is 271 Å². The number of aryl methyl sites for hydroxylation is 2. The van der Waals surface area contributed by atoms with Crippen molar-refractivity contribution in [2.24, 2.45) is 11.8 Å². The predicted molar refractivity (Wildman–Crippen MR) is 177 cm³/mol. The number of amides is 1. The Bertz CT molecular complexity index is 1630. The van der Waals surface area contributed by atoms with Gasteiger partial charge in [-0.3, -0.25) is 9.59 Å². The highest BCUT2D eigenvalue weighted by molar-refractivity contribution is 5.80. The molecule has 1 aromatic heterocycles. The van der Waals surface area contributed by atoms with Crippen LogP contribution in [-0.4, -0.2) is 73.6 Å². The summed E-state index contributed by atoms with van der Waals surface area (Å²) in [5.41, 5.74) is 6.14. The Kier molecular flexibility index (Phi) is 10.0. The molecule has 6 rings (SSSR count). The molecule has 5 atom stereocenters. The van der Waals surface area contributed by atoms with Crippen molar-refractivity contribution >= 4 is 12.2 Å². The van der Waals surface area contributed by atoms with Gasteiger partial charge < -0.3 is 25.3 Å². The lowest BCUT2D eigenvalue weighted by molar-refractivity contribution is -0.131. The van der Waals surface area contributed by atoms with Crippen molar-refractivity contribution in [1.82, 2.24) is 31.0 Å². The molecule has 1 saturated heterocycles. The molecule has 2 aromatic rings. The fourth-order valence-corrected chi connectivity index (χ4v) is 7.50. The van der Waals surface area contributed by atoms with Crippen molar-refractivity contribution in [2.75, 3.05) is 34.2 Å². The van der Waals surface area contributed by atoms with Gasteiger partial charge in [-0.25, -0.2) is 0 Å². The van der Waals surface area contributed by atoms with E-state index in [2.05, 4.69) is 63.9 Å². The number of aldehydes is 1. The summed E-state index contributed by atoms with van der Waals surface area (Å²) in [7, 11) is 5.62. The van der Waals surface area contributed by atoms with Gasteiger partial charge in [-0.05, 0) is 92.9 Å². The normalized spacial score (nSPS) is 25.8. The number of nitrogens with one attached hydrogen (secondary N) is 3. The Balaban J connectivity index is 0.00000134. The highest BCUT2D eigenvalue weighted by Gasteiger charge is 2.60. The third kappa shape index (κ3) is 6.09. The van der Waals surface area contributed by atoms with Gasteiger partial charge in [-0.1, -0.05) is 49.4 Å². The summed E-state index contributed by atoms with van der Waals surface area (Å²) < 4.78 is 6.25. The quantitative estimate of drug-likeness (QED) is 0.281. The van der Waals surface area contributed by atoms with Gasteiger partial charge in [-0.15, -0.1) is 10.2 Å². The summed E-state index contributed by atoms with van der Waals surface area (Å²) in [6.07, 6.45) is 11.0. The van der Waals surface area contributed by atoms with E-state index in [4.69, 9.17) is 4.42 Å². The van der Waals surface area contributed by atoms with Crippen LogP contribution in [-0.2, 0) is 16.6 Å². The number of hydrogen-bond donors (Lipinski definition) is 3. The molecule has 1 aliphatic heterocycles. The molecule has 3 N–H and O–H groups in total. The number of aromatic nitrogens is 2. The second kappa shape index (κ2) is 14.0. The van der Waals surface area contributed by atoms with E-state index in [-0.39, 0.29) is 24.5 Å². The zero-order chi connectivity index (χ0) is 33.0. The molecule has 10 nitrogen and oxygen atoms in total. The first-order valence-electron chi connectivity index (χ1n) is 16.1. The van der Waals surface area contributed by atoms with Crippen LogP contribution in [0.15, 0.2) is 69.8 Å². The first kappa shape index (κ1) is 33.0. The van der Waals surface area contributed by atoms with Crippen LogP contribution in [0.3, 0.4) is 0 Å². The number of allylic oxidation sites excluding steroid dienone is 5. The number of benzene rings is 1. The van der Waals surface area contributed by atoms with Gasteiger partial charge in [0.2, 0.25) is 17.7 Å². The number of nitriles is 1. The number of rotatable bonds is 9. The summed E-state index contributed by atoms with van der Waals surface area (Å²) in [6.45, 7) is 8.76. The smallest absolute Gasteiger partial charge is 0.237 e. The number of hydrogen-bond acceptors (Lipinski definition) is 9. The van der Waals surface area contributed by atoms with Gasteiger partial charge in [0.05, 0.1) is 18.0 Å². The van der Waals surface area contributed by atoms with E-state index in [0.29, 0.717) is 42.1 Å². The fourth-order valence-electron chi connectivity index (χ4n) is 7.50. The van der Waals surface area contributed by atoms with E-state index in [1.165, 1.54) is 5.57 Å². The third-order valence-corrected chi connectivity index (χ3v) is 9.86. The van der Waals surface area contributed by atoms with Crippen molar-refractivity contribution in [3.63, 3.8) is 0 Å². The number of fused-ring (bicyclic) bond motifs is 2. The maximum absolute atomic E-state index is 13.3. The molecule has 3 aliphatic carbocycles. The van der Waals surface area contributed by atoms with Gasteiger partial charge in [0.1, 0.15) is 12.3 Å². The van der Waals surface area contributed by atoms with Crippen LogP contribution in [0, 0.1) is 30.1 Å². The number of likely N-dealkylation sites (tertiary alicyclic amines) is 1. The first-order chi connectivity index (χ1) is 22.2. The molecule has 1 saturated carbocycles. The van der Waals surface area contributed by atoms with Gasteiger partial charge in [0.15, 0.2) is 0 Å². The average Bonchev–Trinajstić information content (AvgIpc) is 3.34. The molecule has 1 amide bonds. The van der Waals surface area contributed by atoms with Crippen LogP contribution in [0.2, 0.25) is 0 Å². The van der Waals surface area contributed by atoms with Crippen molar-refractivity contribution in [3.05, 3.63) is 93.9 Å². The summed E-state index contributed by atoms with van der Waals surface area (Å²) in [4.78, 5) is 26.9. The van der Waals surface area contributed by atoms with E-state index in [9.17, 15) is 14.9 Å². The fraction of sp³-hybridized carbons (Fsp3) is 0.472. The van der Waals surface area contributed by atoms with Crippen molar-refractivity contribution in [2.45, 2.75) is 63.5 Å². The number of nitrogens with zero attached hydrogens (tertiary/aromatic N) is 4. The predicted octanol–water partition coefficient (Wildman–Crippen LogP) is 3.91. The van der Waals surface area contributed by atoms with E-state index < -0.39 is 5.41 Å². The molecule has 0 radical (unpaired) electrons. The zero-order valence-electron chi connectivity index (χ0n) is 27.5. The Morgan fingerprint density at radius 3 is 2.70 bits per heavy atom. The van der Waals surface area contributed by atoms with Gasteiger partial charge in [-0.2, -0.15) is 5.26 Å². The van der Waals surface area contributed by atoms with Crippen LogP contribution in [0.25, 0.3) is 0 Å². The zero-order valence-corrected chi connectivity index (χ0v) is 27.5. The number of carbonyl (C=O) groups is 2. The standard InChI is InChI=1S/C34H38N6O3.C2H7N/c1-20-28-16-27(17-35)40(32(20)28)31(42)18-37-14-13-34(33-39-38-22(3)43-33)29-12-10-24(21(2)36-4)6-7-25(29)8-9-26-15-23(19-41)5-11-30(26)34;1-3-2/h5-6,10-12,15,19-20,27-28,32,36-37H,2,7-9,13-14,16,18H2,1,3-4H3;3H,1-2H3. The molecular weight excluding hydrogens is 578 g/mol. The summed E-state index contributed by atoms with van der Waals surface area (Å²) >= 11 is 0. The highest BCUT2D eigenvalue weighted by atomic mass is 16.4. The van der Waals surface area contributed by atoms with Crippen LogP contribution in [0.4, 0.5) is 0 Å². The largest absolute Gasteiger partial charge is 0.424 e. The minimum Gasteiger partial charge on any atom is -0.424 e. The summed E-state index contributed by atoms with van der Waals surface area (Å²) in [5.74, 6) is 1.84. The Morgan fingerprint density at radius 1 is 1.24 bits per heavy atom. The topological polar surface area (TPSA) is 136 Å². The SMILES string of the molecule is C=C(NC)C1=CCC2=C(C=C1)C(CCNCC(=O)N1C(C#N)CC3C(C)C31)(c1nnc(C)o1)c1ccc(C=O)cc1CC2.CNC. The lowest BCUT2D eigenvalue weighted by atomic mass is 9.69. The van der Waals surface area contributed by atoms with Gasteiger partial charge >= 0.3 is 0 Å². The molecule has 242 valence electrons. The van der Waals surface area contributed by atoms with Crippen LogP contribution >= 0.6 is 0 Å². The van der Waals surface area contributed by atoms with Crippen molar-refractivity contribution < 1.29 is 14.0 Å². The van der Waals surface area contributed by atoms with Crippen molar-refractivity contribution in [3.8, 4) is 6.07 Å². The van der Waals surface area contributed by atoms with E-state index in [0.717, 1.165) is 59.9 Å². The molecule has 2 fully saturated rings. The van der Waals surface area contributed by atoms with E-state index >= 15 is 0 Å². The molecule has 4 aliphatic rings. The monoisotopic (exact) mass is 623 g/mol. The summed E-state index contributed by atoms with van der Waals surface area (Å²) in [5, 5.41) is 27.8. The third-order valence-electron chi connectivity index (χ3n) is 9.86. The Hall–Kier alpha value is -4.33. The Morgan fingerprint density at radius 2 is 2.02 bits per heavy atom. The second-order valence-electron chi connectivity index (χ2n) is 12.6. The van der Waals surface area contributed by atoms with Gasteiger partial charge in [0.25, 0.3) is 0 Å².